The van der Waals surface area contributed by atoms with Crippen LogP contribution in [0.25, 0.3) is 0 Å². The highest BCUT2D eigenvalue weighted by molar-refractivity contribution is 7.38. The summed E-state index contributed by atoms with van der Waals surface area (Å²) in [5.41, 5.74) is 1.37. The second-order valence-electron chi connectivity index (χ2n) is 5.95. The van der Waals surface area contributed by atoms with E-state index in [1.54, 1.807) is 0 Å². The van der Waals surface area contributed by atoms with Gasteiger partial charge in [0.15, 0.2) is 7.83 Å². The predicted molar refractivity (Wildman–Crippen MR) is 74.7 cm³/mol. The minimum Gasteiger partial charge on any atom is -0.413 e. The Morgan fingerprint density at radius 2 is 1.69 bits per heavy atom. The predicted octanol–water partition coefficient (Wildman–Crippen LogP) is 4.14. The molecule has 1 saturated heterocycles. The van der Waals surface area contributed by atoms with Crippen LogP contribution in [0.5, 0.6) is 0 Å². The van der Waals surface area contributed by atoms with Gasteiger partial charge in [-0.2, -0.15) is 0 Å². The lowest BCUT2D eigenvalue weighted by molar-refractivity contribution is 0.189. The van der Waals surface area contributed by atoms with Gasteiger partial charge in [-0.25, -0.2) is 0 Å². The Hall–Kier alpha value is -0.386. The fourth-order valence-corrected chi connectivity index (χ4v) is 8.76. The summed E-state index contributed by atoms with van der Waals surface area (Å²) in [5.74, 6) is 0. The van der Waals surface area contributed by atoms with Crippen molar-refractivity contribution in [1.29, 1.82) is 0 Å². The van der Waals surface area contributed by atoms with E-state index in [2.05, 4.69) is 56.5 Å². The van der Waals surface area contributed by atoms with E-state index in [0.29, 0.717) is 6.10 Å². The van der Waals surface area contributed by atoms with Crippen LogP contribution in [-0.4, -0.2) is 15.4 Å². The van der Waals surface area contributed by atoms with E-state index in [-0.39, 0.29) is 0 Å². The molecule has 0 aliphatic carbocycles. The van der Waals surface area contributed by atoms with Crippen molar-refractivity contribution >= 4 is 15.4 Å². The minimum atomic E-state index is -1.43. The van der Waals surface area contributed by atoms with Crippen LogP contribution in [0.2, 0.25) is 32.2 Å². The van der Waals surface area contributed by atoms with Crippen molar-refractivity contribution in [1.82, 2.24) is 0 Å². The molecule has 1 aromatic rings. The smallest absolute Gasteiger partial charge is 0.174 e. The third kappa shape index (κ3) is 2.17. The van der Waals surface area contributed by atoms with Gasteiger partial charge in [0, 0.05) is 0 Å². The van der Waals surface area contributed by atoms with Crippen LogP contribution in [0.4, 0.5) is 0 Å². The maximum Gasteiger partial charge on any atom is 0.174 e. The molecule has 1 fully saturated rings. The zero-order chi connectivity index (χ0) is 11.8. The van der Waals surface area contributed by atoms with Crippen LogP contribution in [0.15, 0.2) is 30.3 Å². The summed E-state index contributed by atoms with van der Waals surface area (Å²) in [7, 11) is -2.50. The van der Waals surface area contributed by atoms with Gasteiger partial charge in [-0.05, 0) is 25.1 Å². The summed E-state index contributed by atoms with van der Waals surface area (Å²) in [4.78, 5) is 0. The molecule has 3 heteroatoms. The Balaban J connectivity index is 2.18. The van der Waals surface area contributed by atoms with Gasteiger partial charge in [0.1, 0.15) is 0 Å². The van der Waals surface area contributed by atoms with E-state index in [0.717, 1.165) is 0 Å². The summed E-state index contributed by atoms with van der Waals surface area (Å²) < 4.78 is 6.48. The molecule has 1 heterocycles. The van der Waals surface area contributed by atoms with Crippen LogP contribution < -0.4 is 0 Å². The van der Waals surface area contributed by atoms with Gasteiger partial charge in [0.25, 0.3) is 0 Å². The van der Waals surface area contributed by atoms with Crippen molar-refractivity contribution in [2.24, 2.45) is 0 Å². The van der Waals surface area contributed by atoms with Crippen LogP contribution in [-0.2, 0) is 4.43 Å². The molecule has 0 N–H and O–H groups in total. The maximum atomic E-state index is 6.48. The molecular weight excluding hydrogens is 228 g/mol. The van der Waals surface area contributed by atoms with Crippen molar-refractivity contribution in [3.63, 3.8) is 0 Å². The molecule has 1 atom stereocenters. The molecule has 1 unspecified atom stereocenters. The van der Waals surface area contributed by atoms with Gasteiger partial charge in [-0.3, -0.25) is 0 Å². The Labute approximate surface area is 101 Å². The standard InChI is InChI=1S/C13H22OSi2/c1-15(2)11-10-13(14-16(15,3)4)12-8-6-5-7-9-12/h5-9,13H,10-11H2,1-4H3. The molecule has 0 saturated carbocycles. The Morgan fingerprint density at radius 1 is 1.06 bits per heavy atom. The topological polar surface area (TPSA) is 9.23 Å². The summed E-state index contributed by atoms with van der Waals surface area (Å²) in [5, 5.41) is 0. The minimum absolute atomic E-state index is 0.364. The van der Waals surface area contributed by atoms with Gasteiger partial charge in [-0.1, -0.05) is 49.5 Å². The van der Waals surface area contributed by atoms with Gasteiger partial charge >= 0.3 is 0 Å². The fourth-order valence-electron chi connectivity index (χ4n) is 2.27. The van der Waals surface area contributed by atoms with Gasteiger partial charge in [-0.15, -0.1) is 0 Å². The van der Waals surface area contributed by atoms with Crippen molar-refractivity contribution < 1.29 is 4.43 Å². The van der Waals surface area contributed by atoms with Crippen molar-refractivity contribution in [3.05, 3.63) is 35.9 Å². The van der Waals surface area contributed by atoms with Gasteiger partial charge in [0.05, 0.1) is 13.7 Å². The van der Waals surface area contributed by atoms with Crippen LogP contribution in [0.3, 0.4) is 0 Å². The van der Waals surface area contributed by atoms with Gasteiger partial charge < -0.3 is 4.43 Å². The summed E-state index contributed by atoms with van der Waals surface area (Å²) in [6.07, 6.45) is 1.59. The first kappa shape index (κ1) is 12.1. The van der Waals surface area contributed by atoms with Crippen LogP contribution in [0.1, 0.15) is 18.1 Å². The molecule has 1 aliphatic heterocycles. The highest BCUT2D eigenvalue weighted by Crippen LogP contribution is 2.39. The van der Waals surface area contributed by atoms with E-state index in [1.165, 1.54) is 18.0 Å². The maximum absolute atomic E-state index is 6.48. The molecule has 2 rings (SSSR count). The molecule has 1 aliphatic rings. The lowest BCUT2D eigenvalue weighted by Crippen LogP contribution is -2.60. The normalized spacial score (nSPS) is 27.6. The SMILES string of the molecule is C[Si]1(C)CCC(c2ccccc2)O[Si]1(C)C. The zero-order valence-electron chi connectivity index (χ0n) is 10.8. The molecular formula is C13H22OSi2. The molecule has 88 valence electrons. The zero-order valence-corrected chi connectivity index (χ0v) is 12.8. The first-order valence-electron chi connectivity index (χ1n) is 6.15. The first-order chi connectivity index (χ1) is 7.42. The second-order valence-corrected chi connectivity index (χ2v) is 21.1. The van der Waals surface area contributed by atoms with Crippen LogP contribution in [0, 0.1) is 0 Å². The van der Waals surface area contributed by atoms with E-state index in [1.807, 2.05) is 0 Å². The second kappa shape index (κ2) is 4.13. The van der Waals surface area contributed by atoms with Crippen molar-refractivity contribution in [2.75, 3.05) is 0 Å². The Morgan fingerprint density at radius 3 is 2.25 bits per heavy atom. The molecule has 1 nitrogen and oxygen atoms in total. The average Bonchev–Trinajstić information content (AvgIpc) is 2.23. The summed E-state index contributed by atoms with van der Waals surface area (Å²) in [6.45, 7) is 9.82. The molecule has 0 bridgehead atoms. The van der Waals surface area contributed by atoms with Crippen molar-refractivity contribution in [3.8, 4) is 0 Å². The van der Waals surface area contributed by atoms with E-state index in [4.69, 9.17) is 4.43 Å². The summed E-state index contributed by atoms with van der Waals surface area (Å²) >= 11 is 0. The van der Waals surface area contributed by atoms with Crippen molar-refractivity contribution in [2.45, 2.75) is 44.8 Å². The quantitative estimate of drug-likeness (QED) is 0.681. The summed E-state index contributed by atoms with van der Waals surface area (Å²) in [6, 6.07) is 12.1. The molecule has 0 amide bonds. The highest BCUT2D eigenvalue weighted by Gasteiger charge is 2.47. The molecule has 0 spiro atoms. The molecule has 16 heavy (non-hydrogen) atoms. The third-order valence-corrected chi connectivity index (χ3v) is 20.8. The number of hydrogen-bond acceptors (Lipinski definition) is 1. The number of benzene rings is 1. The number of hydrogen-bond donors (Lipinski definition) is 0. The lowest BCUT2D eigenvalue weighted by atomic mass is 10.1. The largest absolute Gasteiger partial charge is 0.413 e. The Kier molecular flexibility index (Phi) is 3.12. The highest BCUT2D eigenvalue weighted by atomic mass is 29.3. The first-order valence-corrected chi connectivity index (χ1v) is 13.3. The average molecular weight is 250 g/mol. The lowest BCUT2D eigenvalue weighted by Gasteiger charge is -2.45. The van der Waals surface area contributed by atoms with Crippen LogP contribution >= 0.6 is 0 Å². The number of rotatable bonds is 1. The van der Waals surface area contributed by atoms with E-state index >= 15 is 0 Å². The monoisotopic (exact) mass is 250 g/mol. The van der Waals surface area contributed by atoms with E-state index in [9.17, 15) is 0 Å². The third-order valence-electron chi connectivity index (χ3n) is 4.27. The van der Waals surface area contributed by atoms with Gasteiger partial charge in [0.2, 0.25) is 0 Å². The fraction of sp³-hybridized carbons (Fsp3) is 0.538. The van der Waals surface area contributed by atoms with E-state index < -0.39 is 15.4 Å². The molecule has 0 radical (unpaired) electrons. The molecule has 1 aromatic carbocycles. The molecule has 0 aromatic heterocycles. The Bertz CT molecular complexity index is 359.